The summed E-state index contributed by atoms with van der Waals surface area (Å²) >= 11 is 0. The first-order valence-electron chi connectivity index (χ1n) is 8.04. The molecule has 0 spiro atoms. The van der Waals surface area contributed by atoms with Gasteiger partial charge in [-0.2, -0.15) is 0 Å². The normalized spacial score (nSPS) is 11.5. The van der Waals surface area contributed by atoms with Gasteiger partial charge in [-0.05, 0) is 22.9 Å². The van der Waals surface area contributed by atoms with Crippen LogP contribution >= 0.6 is 0 Å². The first-order chi connectivity index (χ1) is 12.2. The Kier molecular flexibility index (Phi) is 2.76. The van der Waals surface area contributed by atoms with Crippen LogP contribution in [-0.2, 0) is 0 Å². The second-order valence-corrected chi connectivity index (χ2v) is 6.07. The van der Waals surface area contributed by atoms with Crippen LogP contribution in [-0.4, -0.2) is 20.2 Å². The van der Waals surface area contributed by atoms with Crippen molar-refractivity contribution in [2.75, 3.05) is 0 Å². The van der Waals surface area contributed by atoms with E-state index in [0.717, 1.165) is 32.6 Å². The van der Waals surface area contributed by atoms with Gasteiger partial charge in [0.2, 0.25) is 0 Å². The lowest BCUT2D eigenvalue weighted by Gasteiger charge is -2.05. The number of para-hydroxylation sites is 1. The molecular weight excluding hydrogens is 312 g/mol. The van der Waals surface area contributed by atoms with Gasteiger partial charge in [0.25, 0.3) is 0 Å². The summed E-state index contributed by atoms with van der Waals surface area (Å²) in [5.41, 5.74) is 2.25. The fraction of sp³-hybridized carbons (Fsp3) is 0. The zero-order valence-corrected chi connectivity index (χ0v) is 13.2. The van der Waals surface area contributed by atoms with Crippen LogP contribution in [0.25, 0.3) is 44.0 Å². The van der Waals surface area contributed by atoms with E-state index in [1.165, 1.54) is 6.07 Å². The van der Waals surface area contributed by atoms with E-state index >= 15 is 0 Å². The lowest BCUT2D eigenvalue weighted by molar-refractivity contribution is 0.405. The highest BCUT2D eigenvalue weighted by Gasteiger charge is 2.16. The quantitative estimate of drug-likeness (QED) is 0.302. The van der Waals surface area contributed by atoms with Crippen molar-refractivity contribution in [1.82, 2.24) is 9.97 Å². The fourth-order valence-corrected chi connectivity index (χ4v) is 3.47. The molecule has 1 heterocycles. The number of benzene rings is 4. The molecule has 0 unspecified atom stereocenters. The van der Waals surface area contributed by atoms with Gasteiger partial charge < -0.3 is 15.2 Å². The zero-order valence-electron chi connectivity index (χ0n) is 13.2. The predicted molar refractivity (Wildman–Crippen MR) is 99.9 cm³/mol. The molecule has 0 radical (unpaired) electrons. The van der Waals surface area contributed by atoms with Gasteiger partial charge in [0.1, 0.15) is 5.82 Å². The molecule has 0 saturated heterocycles. The van der Waals surface area contributed by atoms with E-state index in [-0.39, 0.29) is 11.5 Å². The monoisotopic (exact) mass is 326 g/mol. The molecule has 25 heavy (non-hydrogen) atoms. The Labute approximate surface area is 143 Å². The molecule has 1 aromatic heterocycles. The number of imidazole rings is 1. The number of aromatic amines is 1. The number of hydrogen-bond donors (Lipinski definition) is 3. The van der Waals surface area contributed by atoms with E-state index in [9.17, 15) is 10.2 Å². The summed E-state index contributed by atoms with van der Waals surface area (Å²) in [6.45, 7) is 0. The SMILES string of the molecule is Oc1cccc(-c2nc3c4ccccc4c4ccccc4c3[nH]2)c1O. The number of phenols is 2. The van der Waals surface area contributed by atoms with E-state index in [2.05, 4.69) is 29.2 Å². The van der Waals surface area contributed by atoms with Crippen LogP contribution in [0.15, 0.2) is 66.7 Å². The summed E-state index contributed by atoms with van der Waals surface area (Å²) in [4.78, 5) is 8.07. The highest BCUT2D eigenvalue weighted by Crippen LogP contribution is 2.38. The number of nitrogens with one attached hydrogen (secondary N) is 1. The van der Waals surface area contributed by atoms with Crippen LogP contribution in [0.4, 0.5) is 0 Å². The molecule has 4 aromatic carbocycles. The van der Waals surface area contributed by atoms with Crippen molar-refractivity contribution >= 4 is 32.6 Å². The maximum absolute atomic E-state index is 10.2. The molecule has 0 saturated carbocycles. The summed E-state index contributed by atoms with van der Waals surface area (Å²) in [6, 6.07) is 21.2. The van der Waals surface area contributed by atoms with E-state index in [1.54, 1.807) is 12.1 Å². The molecule has 0 aliphatic rings. The molecule has 0 bridgehead atoms. The first-order valence-corrected chi connectivity index (χ1v) is 8.04. The Balaban J connectivity index is 1.96. The molecule has 120 valence electrons. The first kappa shape index (κ1) is 13.9. The lowest BCUT2D eigenvalue weighted by Crippen LogP contribution is -1.81. The highest BCUT2D eigenvalue weighted by atomic mass is 16.3. The second kappa shape index (κ2) is 4.98. The number of fused-ring (bicyclic) bond motifs is 6. The number of rotatable bonds is 1. The molecule has 5 rings (SSSR count). The van der Waals surface area contributed by atoms with Gasteiger partial charge in [-0.25, -0.2) is 4.98 Å². The maximum atomic E-state index is 10.2. The number of aromatic nitrogens is 2. The average Bonchev–Trinajstić information content (AvgIpc) is 3.10. The van der Waals surface area contributed by atoms with E-state index in [0.29, 0.717) is 11.4 Å². The van der Waals surface area contributed by atoms with Crippen LogP contribution in [0.1, 0.15) is 0 Å². The van der Waals surface area contributed by atoms with Crippen LogP contribution in [0.3, 0.4) is 0 Å². The Bertz CT molecular complexity index is 1200. The molecule has 0 atom stereocenters. The molecule has 0 aliphatic carbocycles. The van der Waals surface area contributed by atoms with Gasteiger partial charge in [0.05, 0.1) is 16.6 Å². The van der Waals surface area contributed by atoms with Gasteiger partial charge in [-0.1, -0.05) is 54.6 Å². The van der Waals surface area contributed by atoms with Crippen LogP contribution in [0.2, 0.25) is 0 Å². The largest absolute Gasteiger partial charge is 0.504 e. The molecule has 0 amide bonds. The summed E-state index contributed by atoms with van der Waals surface area (Å²) in [6.07, 6.45) is 0. The molecule has 4 heteroatoms. The Morgan fingerprint density at radius 3 is 2.08 bits per heavy atom. The van der Waals surface area contributed by atoms with Gasteiger partial charge in [-0.3, -0.25) is 0 Å². The van der Waals surface area contributed by atoms with E-state index in [4.69, 9.17) is 4.98 Å². The minimum Gasteiger partial charge on any atom is -0.504 e. The number of hydrogen-bond acceptors (Lipinski definition) is 3. The van der Waals surface area contributed by atoms with Crippen molar-refractivity contribution in [3.05, 3.63) is 66.7 Å². The third-order valence-electron chi connectivity index (χ3n) is 4.64. The van der Waals surface area contributed by atoms with Gasteiger partial charge in [0.15, 0.2) is 11.5 Å². The van der Waals surface area contributed by atoms with Gasteiger partial charge >= 0.3 is 0 Å². The van der Waals surface area contributed by atoms with Crippen molar-refractivity contribution in [3.63, 3.8) is 0 Å². The van der Waals surface area contributed by atoms with Crippen molar-refractivity contribution in [3.8, 4) is 22.9 Å². The summed E-state index contributed by atoms with van der Waals surface area (Å²) in [7, 11) is 0. The van der Waals surface area contributed by atoms with Crippen molar-refractivity contribution in [2.24, 2.45) is 0 Å². The number of H-pyrrole nitrogens is 1. The smallest absolute Gasteiger partial charge is 0.168 e. The van der Waals surface area contributed by atoms with Crippen LogP contribution in [0, 0.1) is 0 Å². The van der Waals surface area contributed by atoms with E-state index < -0.39 is 0 Å². The van der Waals surface area contributed by atoms with Crippen molar-refractivity contribution in [1.29, 1.82) is 0 Å². The fourth-order valence-electron chi connectivity index (χ4n) is 3.47. The highest BCUT2D eigenvalue weighted by molar-refractivity contribution is 6.23. The Hall–Kier alpha value is -3.53. The molecule has 3 N–H and O–H groups in total. The molecular formula is C21H14N2O2. The summed E-state index contributed by atoms with van der Waals surface area (Å²) in [5, 5.41) is 24.4. The van der Waals surface area contributed by atoms with E-state index in [1.807, 2.05) is 24.3 Å². The average molecular weight is 326 g/mol. The third kappa shape index (κ3) is 1.91. The second-order valence-electron chi connectivity index (χ2n) is 6.07. The topological polar surface area (TPSA) is 69.1 Å². The molecule has 0 aliphatic heterocycles. The Morgan fingerprint density at radius 2 is 1.32 bits per heavy atom. The van der Waals surface area contributed by atoms with Crippen LogP contribution < -0.4 is 0 Å². The minimum atomic E-state index is -0.171. The standard InChI is InChI=1S/C21H14N2O2/c24-17-11-5-10-16(20(17)25)21-22-18-14-8-3-1-6-12(14)13-7-2-4-9-15(13)19(18)23-21/h1-11,24-25H,(H,22,23). The van der Waals surface area contributed by atoms with Crippen LogP contribution in [0.5, 0.6) is 11.5 Å². The summed E-state index contributed by atoms with van der Waals surface area (Å²) in [5.74, 6) is 0.202. The Morgan fingerprint density at radius 1 is 0.680 bits per heavy atom. The number of nitrogens with zero attached hydrogens (tertiary/aromatic N) is 1. The molecule has 5 aromatic rings. The number of phenolic OH excluding ortho intramolecular Hbond substituents is 2. The molecule has 4 nitrogen and oxygen atoms in total. The summed E-state index contributed by atoms with van der Waals surface area (Å²) < 4.78 is 0. The van der Waals surface area contributed by atoms with Crippen molar-refractivity contribution in [2.45, 2.75) is 0 Å². The maximum Gasteiger partial charge on any atom is 0.168 e. The van der Waals surface area contributed by atoms with Gasteiger partial charge in [0, 0.05) is 10.8 Å². The molecule has 0 fully saturated rings. The minimum absolute atomic E-state index is 0.160. The van der Waals surface area contributed by atoms with Crippen molar-refractivity contribution < 1.29 is 10.2 Å². The zero-order chi connectivity index (χ0) is 17.0. The lowest BCUT2D eigenvalue weighted by atomic mass is 10.0. The predicted octanol–water partition coefficient (Wildman–Crippen LogP) is 4.95. The van der Waals surface area contributed by atoms with Gasteiger partial charge in [-0.15, -0.1) is 0 Å². The number of aromatic hydroxyl groups is 2. The third-order valence-corrected chi connectivity index (χ3v) is 4.64.